The van der Waals surface area contributed by atoms with Crippen molar-refractivity contribution in [1.29, 1.82) is 0 Å². The Bertz CT molecular complexity index is 872. The van der Waals surface area contributed by atoms with Gasteiger partial charge in [-0.25, -0.2) is 17.6 Å². The molecule has 1 aliphatic rings. The Kier molecular flexibility index (Phi) is 4.92. The normalized spacial score (nSPS) is 16.8. The van der Waals surface area contributed by atoms with E-state index in [0.717, 1.165) is 23.1 Å². The first kappa shape index (κ1) is 17.9. The number of hydrogen-bond acceptors (Lipinski definition) is 2. The number of nitrogens with zero attached hydrogens (tertiary/aromatic N) is 1. The molecule has 0 spiro atoms. The van der Waals surface area contributed by atoms with Gasteiger partial charge in [-0.2, -0.15) is 0 Å². The summed E-state index contributed by atoms with van der Waals surface area (Å²) in [6.07, 6.45) is -0.158. The van der Waals surface area contributed by atoms with Gasteiger partial charge in [-0.1, -0.05) is 12.1 Å². The number of amides is 2. The van der Waals surface area contributed by atoms with Crippen molar-refractivity contribution in [1.82, 2.24) is 5.32 Å². The third-order valence-electron chi connectivity index (χ3n) is 4.18. The highest BCUT2D eigenvalue weighted by Crippen LogP contribution is 2.28. The van der Waals surface area contributed by atoms with Crippen LogP contribution in [-0.4, -0.2) is 18.4 Å². The molecular formula is C18H14F4N2O2. The number of hydrogen-bond donors (Lipinski definition) is 1. The van der Waals surface area contributed by atoms with E-state index in [1.807, 2.05) is 0 Å². The van der Waals surface area contributed by atoms with E-state index in [2.05, 4.69) is 5.32 Å². The zero-order valence-corrected chi connectivity index (χ0v) is 13.4. The molecule has 0 bridgehead atoms. The molecule has 1 atom stereocenters. The zero-order chi connectivity index (χ0) is 18.8. The van der Waals surface area contributed by atoms with Gasteiger partial charge in [0, 0.05) is 31.1 Å². The fraction of sp³-hybridized carbons (Fsp3) is 0.222. The Labute approximate surface area is 146 Å². The van der Waals surface area contributed by atoms with Crippen molar-refractivity contribution in [2.75, 3.05) is 11.4 Å². The highest BCUT2D eigenvalue weighted by molar-refractivity contribution is 6.00. The van der Waals surface area contributed by atoms with Crippen LogP contribution in [0.3, 0.4) is 0 Å². The Balaban J connectivity index is 1.66. The van der Waals surface area contributed by atoms with Gasteiger partial charge in [0.05, 0.1) is 11.6 Å². The van der Waals surface area contributed by atoms with E-state index in [4.69, 9.17) is 0 Å². The standard InChI is InChI=1S/C18H14F4N2O2/c19-12-4-5-15(14(21)7-12)24-9-11(6-16(24)25)18(26)23-8-10-2-1-3-13(20)17(10)22/h1-5,7,11H,6,8-9H2,(H,23,26). The van der Waals surface area contributed by atoms with Crippen LogP contribution in [0.5, 0.6) is 0 Å². The number of rotatable bonds is 4. The lowest BCUT2D eigenvalue weighted by atomic mass is 10.1. The highest BCUT2D eigenvalue weighted by atomic mass is 19.2. The van der Waals surface area contributed by atoms with E-state index in [9.17, 15) is 27.2 Å². The molecule has 1 N–H and O–H groups in total. The van der Waals surface area contributed by atoms with Crippen LogP contribution >= 0.6 is 0 Å². The van der Waals surface area contributed by atoms with Crippen LogP contribution in [0.1, 0.15) is 12.0 Å². The molecule has 0 aliphatic carbocycles. The minimum absolute atomic E-state index is 0.0240. The van der Waals surface area contributed by atoms with Crippen LogP contribution in [0.15, 0.2) is 36.4 Å². The van der Waals surface area contributed by atoms with Gasteiger partial charge in [0.1, 0.15) is 11.6 Å². The fourth-order valence-electron chi connectivity index (χ4n) is 2.83. The lowest BCUT2D eigenvalue weighted by Gasteiger charge is -2.17. The van der Waals surface area contributed by atoms with Gasteiger partial charge in [-0.3, -0.25) is 9.59 Å². The Morgan fingerprint density at radius 2 is 1.88 bits per heavy atom. The number of anilines is 1. The van der Waals surface area contributed by atoms with Gasteiger partial charge in [0.25, 0.3) is 0 Å². The monoisotopic (exact) mass is 366 g/mol. The average molecular weight is 366 g/mol. The van der Waals surface area contributed by atoms with Gasteiger partial charge in [-0.15, -0.1) is 0 Å². The quantitative estimate of drug-likeness (QED) is 0.846. The first-order chi connectivity index (χ1) is 12.4. The van der Waals surface area contributed by atoms with E-state index in [1.54, 1.807) is 0 Å². The van der Waals surface area contributed by atoms with Crippen LogP contribution in [0.2, 0.25) is 0 Å². The van der Waals surface area contributed by atoms with Gasteiger partial charge in [0.15, 0.2) is 11.6 Å². The van der Waals surface area contributed by atoms with Gasteiger partial charge < -0.3 is 10.2 Å². The summed E-state index contributed by atoms with van der Waals surface area (Å²) in [7, 11) is 0. The van der Waals surface area contributed by atoms with Crippen molar-refractivity contribution < 1.29 is 27.2 Å². The molecule has 0 radical (unpaired) electrons. The first-order valence-electron chi connectivity index (χ1n) is 7.83. The van der Waals surface area contributed by atoms with E-state index in [1.165, 1.54) is 12.1 Å². The summed E-state index contributed by atoms with van der Waals surface area (Å²) in [5, 5.41) is 2.45. The Morgan fingerprint density at radius 1 is 1.12 bits per heavy atom. The molecule has 4 nitrogen and oxygen atoms in total. The van der Waals surface area contributed by atoms with Crippen LogP contribution in [0.4, 0.5) is 23.2 Å². The summed E-state index contributed by atoms with van der Waals surface area (Å²) in [6.45, 7) is -0.323. The number of carbonyl (C=O) groups is 2. The van der Waals surface area contributed by atoms with Gasteiger partial charge in [-0.05, 0) is 18.2 Å². The number of benzene rings is 2. The smallest absolute Gasteiger partial charge is 0.227 e. The maximum atomic E-state index is 13.8. The van der Waals surface area contributed by atoms with E-state index in [0.29, 0.717) is 6.07 Å². The molecule has 1 fully saturated rings. The predicted octanol–water partition coefficient (Wildman–Crippen LogP) is 2.91. The SMILES string of the molecule is O=C(NCc1cccc(F)c1F)C1CC(=O)N(c2ccc(F)cc2F)C1. The molecule has 0 saturated carbocycles. The molecular weight excluding hydrogens is 352 g/mol. The summed E-state index contributed by atoms with van der Waals surface area (Å²) in [5.41, 5.74) is -0.132. The molecule has 3 rings (SSSR count). The van der Waals surface area contributed by atoms with E-state index in [-0.39, 0.29) is 30.8 Å². The third kappa shape index (κ3) is 3.54. The summed E-state index contributed by atoms with van der Waals surface area (Å²) in [5.74, 6) is -5.54. The molecule has 1 unspecified atom stereocenters. The predicted molar refractivity (Wildman–Crippen MR) is 85.0 cm³/mol. The van der Waals surface area contributed by atoms with Crippen molar-refractivity contribution in [2.24, 2.45) is 5.92 Å². The number of halogens is 4. The van der Waals surface area contributed by atoms with Crippen molar-refractivity contribution in [3.05, 3.63) is 65.2 Å². The molecule has 0 aromatic heterocycles. The summed E-state index contributed by atoms with van der Waals surface area (Å²) >= 11 is 0. The van der Waals surface area contributed by atoms with Crippen LogP contribution in [-0.2, 0) is 16.1 Å². The van der Waals surface area contributed by atoms with Gasteiger partial charge in [0.2, 0.25) is 11.8 Å². The second kappa shape index (κ2) is 7.15. The minimum atomic E-state index is -1.05. The molecule has 8 heteroatoms. The summed E-state index contributed by atoms with van der Waals surface area (Å²) < 4.78 is 53.6. The summed E-state index contributed by atoms with van der Waals surface area (Å²) in [6, 6.07) is 6.42. The van der Waals surface area contributed by atoms with E-state index < -0.39 is 41.0 Å². The molecule has 1 aliphatic heterocycles. The zero-order valence-electron chi connectivity index (χ0n) is 13.4. The maximum absolute atomic E-state index is 13.8. The molecule has 1 saturated heterocycles. The van der Waals surface area contributed by atoms with Crippen LogP contribution < -0.4 is 10.2 Å². The molecule has 136 valence electrons. The molecule has 26 heavy (non-hydrogen) atoms. The fourth-order valence-corrected chi connectivity index (χ4v) is 2.83. The summed E-state index contributed by atoms with van der Waals surface area (Å²) in [4.78, 5) is 25.4. The molecule has 2 aromatic carbocycles. The van der Waals surface area contributed by atoms with E-state index >= 15 is 0 Å². The van der Waals surface area contributed by atoms with Gasteiger partial charge >= 0.3 is 0 Å². The lowest BCUT2D eigenvalue weighted by Crippen LogP contribution is -2.33. The van der Waals surface area contributed by atoms with Crippen LogP contribution in [0.25, 0.3) is 0 Å². The molecule has 1 heterocycles. The first-order valence-corrected chi connectivity index (χ1v) is 7.83. The largest absolute Gasteiger partial charge is 0.352 e. The second-order valence-corrected chi connectivity index (χ2v) is 5.93. The van der Waals surface area contributed by atoms with Crippen molar-refractivity contribution in [3.8, 4) is 0 Å². The topological polar surface area (TPSA) is 49.4 Å². The Morgan fingerprint density at radius 3 is 2.62 bits per heavy atom. The van der Waals surface area contributed by atoms with Crippen molar-refractivity contribution in [2.45, 2.75) is 13.0 Å². The Hall–Kier alpha value is -2.90. The highest BCUT2D eigenvalue weighted by Gasteiger charge is 2.36. The number of nitrogens with one attached hydrogen (secondary N) is 1. The van der Waals surface area contributed by atoms with Crippen molar-refractivity contribution >= 4 is 17.5 Å². The number of carbonyl (C=O) groups excluding carboxylic acids is 2. The van der Waals surface area contributed by atoms with Crippen LogP contribution in [0, 0.1) is 29.2 Å². The third-order valence-corrected chi connectivity index (χ3v) is 4.18. The van der Waals surface area contributed by atoms with Crippen molar-refractivity contribution in [3.63, 3.8) is 0 Å². The second-order valence-electron chi connectivity index (χ2n) is 5.93. The average Bonchev–Trinajstić information content (AvgIpc) is 2.98. The minimum Gasteiger partial charge on any atom is -0.352 e. The maximum Gasteiger partial charge on any atom is 0.227 e. The molecule has 2 aromatic rings. The lowest BCUT2D eigenvalue weighted by molar-refractivity contribution is -0.126. The molecule has 2 amide bonds.